The minimum Gasteiger partial charge on any atom is -0.489 e. The number of nitrogens with zero attached hydrogens (tertiary/aromatic N) is 2. The summed E-state index contributed by atoms with van der Waals surface area (Å²) in [4.78, 5) is 4.41. The molecule has 136 valence electrons. The summed E-state index contributed by atoms with van der Waals surface area (Å²) in [7, 11) is 0. The maximum Gasteiger partial charge on any atom is 0.141 e. The zero-order valence-electron chi connectivity index (χ0n) is 14.0. The second-order valence-corrected chi connectivity index (χ2v) is 7.26. The van der Waals surface area contributed by atoms with E-state index in [4.69, 9.17) is 27.9 Å². The molecule has 1 aliphatic carbocycles. The lowest BCUT2D eigenvalue weighted by Gasteiger charge is -2.36. The van der Waals surface area contributed by atoms with Crippen LogP contribution in [0, 0.1) is 0 Å². The van der Waals surface area contributed by atoms with Gasteiger partial charge in [0.1, 0.15) is 22.5 Å². The number of pyridine rings is 1. The van der Waals surface area contributed by atoms with Gasteiger partial charge in [0.05, 0.1) is 23.5 Å². The second-order valence-electron chi connectivity index (χ2n) is 6.48. The van der Waals surface area contributed by atoms with Crippen LogP contribution in [0.25, 0.3) is 5.65 Å². The van der Waals surface area contributed by atoms with Crippen LogP contribution in [0.3, 0.4) is 0 Å². The van der Waals surface area contributed by atoms with Crippen molar-refractivity contribution >= 4 is 28.8 Å². The van der Waals surface area contributed by atoms with Crippen LogP contribution >= 0.6 is 23.2 Å². The Kier molecular flexibility index (Phi) is 5.05. The van der Waals surface area contributed by atoms with Crippen LogP contribution in [0.15, 0.2) is 42.7 Å². The van der Waals surface area contributed by atoms with Crippen LogP contribution in [0.1, 0.15) is 24.1 Å². The molecule has 0 atom stereocenters. The van der Waals surface area contributed by atoms with Gasteiger partial charge in [-0.1, -0.05) is 35.3 Å². The molecule has 5 nitrogen and oxygen atoms in total. The normalized spacial score (nSPS) is 19.5. The Bertz CT molecular complexity index is 922. The van der Waals surface area contributed by atoms with Gasteiger partial charge in [-0.05, 0) is 31.0 Å². The zero-order valence-corrected chi connectivity index (χ0v) is 15.5. The highest BCUT2D eigenvalue weighted by atomic mass is 35.5. The van der Waals surface area contributed by atoms with Crippen LogP contribution in [-0.4, -0.2) is 26.6 Å². The summed E-state index contributed by atoms with van der Waals surface area (Å²) in [5.74, 6) is 0.640. The predicted octanol–water partition coefficient (Wildman–Crippen LogP) is 3.83. The number of fused-ring (bicyclic) bond motifs is 1. The molecule has 3 aromatic rings. The first kappa shape index (κ1) is 17.6. The first-order chi connectivity index (χ1) is 12.7. The number of imidazole rings is 1. The summed E-state index contributed by atoms with van der Waals surface area (Å²) in [5, 5.41) is 13.9. The summed E-state index contributed by atoms with van der Waals surface area (Å²) in [5.41, 5.74) is 2.77. The monoisotopic (exact) mass is 391 g/mol. The Labute approximate surface area is 161 Å². The highest BCUT2D eigenvalue weighted by Crippen LogP contribution is 2.35. The van der Waals surface area contributed by atoms with Gasteiger partial charge in [0, 0.05) is 24.3 Å². The number of hydrogen-bond acceptors (Lipinski definition) is 4. The molecule has 2 heterocycles. The van der Waals surface area contributed by atoms with Gasteiger partial charge in [-0.25, -0.2) is 4.98 Å². The summed E-state index contributed by atoms with van der Waals surface area (Å²) < 4.78 is 7.85. The number of aliphatic hydroxyl groups excluding tert-OH is 1. The SMILES string of the molecule is OCc1cnc2c(CNC3CC(Oc4cccc(Cl)c4Cl)C3)cccn12. The van der Waals surface area contributed by atoms with Gasteiger partial charge in [0.25, 0.3) is 0 Å². The van der Waals surface area contributed by atoms with Gasteiger partial charge in [0.15, 0.2) is 0 Å². The van der Waals surface area contributed by atoms with Gasteiger partial charge in [-0.3, -0.25) is 0 Å². The Hall–Kier alpha value is -1.79. The summed E-state index contributed by atoms with van der Waals surface area (Å²) in [6.07, 6.45) is 5.61. The van der Waals surface area contributed by atoms with E-state index in [9.17, 15) is 5.11 Å². The van der Waals surface area contributed by atoms with E-state index in [1.165, 1.54) is 0 Å². The molecule has 1 saturated carbocycles. The van der Waals surface area contributed by atoms with Crippen molar-refractivity contribution in [1.29, 1.82) is 0 Å². The molecule has 2 N–H and O–H groups in total. The van der Waals surface area contributed by atoms with Crippen molar-refractivity contribution in [3.05, 3.63) is 64.0 Å². The molecule has 1 fully saturated rings. The Balaban J connectivity index is 1.32. The van der Waals surface area contributed by atoms with E-state index < -0.39 is 0 Å². The number of ether oxygens (including phenoxy) is 1. The third-order valence-corrected chi connectivity index (χ3v) is 5.54. The van der Waals surface area contributed by atoms with E-state index >= 15 is 0 Å². The fourth-order valence-corrected chi connectivity index (χ4v) is 3.55. The van der Waals surface area contributed by atoms with Crippen molar-refractivity contribution < 1.29 is 9.84 Å². The van der Waals surface area contributed by atoms with Crippen LogP contribution in [0.2, 0.25) is 10.0 Å². The summed E-state index contributed by atoms with van der Waals surface area (Å²) in [6.45, 7) is 0.702. The van der Waals surface area contributed by atoms with Gasteiger partial charge in [0.2, 0.25) is 0 Å². The first-order valence-electron chi connectivity index (χ1n) is 8.54. The topological polar surface area (TPSA) is 58.8 Å². The zero-order chi connectivity index (χ0) is 18.1. The van der Waals surface area contributed by atoms with Gasteiger partial charge < -0.3 is 19.6 Å². The number of nitrogens with one attached hydrogen (secondary N) is 1. The molecule has 2 aromatic heterocycles. The lowest BCUT2D eigenvalue weighted by Crippen LogP contribution is -2.46. The molecule has 7 heteroatoms. The molecule has 0 bridgehead atoms. The lowest BCUT2D eigenvalue weighted by atomic mass is 9.89. The van der Waals surface area contributed by atoms with Crippen LogP contribution in [0.4, 0.5) is 0 Å². The molecule has 4 rings (SSSR count). The fraction of sp³-hybridized carbons (Fsp3) is 0.316. The Morgan fingerprint density at radius 3 is 2.88 bits per heavy atom. The van der Waals surface area contributed by atoms with Gasteiger partial charge in [-0.2, -0.15) is 0 Å². The third-order valence-electron chi connectivity index (χ3n) is 4.74. The molecule has 26 heavy (non-hydrogen) atoms. The average molecular weight is 392 g/mol. The lowest BCUT2D eigenvalue weighted by molar-refractivity contribution is 0.0844. The van der Waals surface area contributed by atoms with E-state index in [2.05, 4.69) is 16.4 Å². The van der Waals surface area contributed by atoms with Crippen molar-refractivity contribution in [1.82, 2.24) is 14.7 Å². The van der Waals surface area contributed by atoms with Gasteiger partial charge in [-0.15, -0.1) is 0 Å². The molecule has 0 spiro atoms. The number of hydrogen-bond donors (Lipinski definition) is 2. The molecule has 0 unspecified atom stereocenters. The van der Waals surface area contributed by atoms with Crippen molar-refractivity contribution in [2.24, 2.45) is 0 Å². The van der Waals surface area contributed by atoms with Crippen LogP contribution in [-0.2, 0) is 13.2 Å². The van der Waals surface area contributed by atoms with E-state index in [0.717, 1.165) is 36.3 Å². The molecular formula is C19H19Cl2N3O2. The minimum absolute atomic E-state index is 0.0221. The highest BCUT2D eigenvalue weighted by molar-refractivity contribution is 6.42. The van der Waals surface area contributed by atoms with E-state index in [1.807, 2.05) is 28.8 Å². The van der Waals surface area contributed by atoms with E-state index in [1.54, 1.807) is 12.3 Å². The number of rotatable bonds is 6. The number of aliphatic hydroxyl groups is 1. The summed E-state index contributed by atoms with van der Waals surface area (Å²) in [6, 6.07) is 9.84. The number of aromatic nitrogens is 2. The van der Waals surface area contributed by atoms with E-state index in [0.29, 0.717) is 21.8 Å². The largest absolute Gasteiger partial charge is 0.489 e. The molecule has 1 aromatic carbocycles. The highest BCUT2D eigenvalue weighted by Gasteiger charge is 2.31. The van der Waals surface area contributed by atoms with Crippen molar-refractivity contribution in [3.63, 3.8) is 0 Å². The molecule has 0 saturated heterocycles. The maximum absolute atomic E-state index is 9.36. The molecule has 0 amide bonds. The number of halogens is 2. The third kappa shape index (κ3) is 3.40. The van der Waals surface area contributed by atoms with Crippen molar-refractivity contribution in [2.45, 2.75) is 38.1 Å². The minimum atomic E-state index is -0.0221. The van der Waals surface area contributed by atoms with Crippen LogP contribution < -0.4 is 10.1 Å². The molecular weight excluding hydrogens is 373 g/mol. The average Bonchev–Trinajstić information content (AvgIpc) is 3.04. The molecule has 0 aliphatic heterocycles. The van der Waals surface area contributed by atoms with Gasteiger partial charge >= 0.3 is 0 Å². The Morgan fingerprint density at radius 1 is 1.23 bits per heavy atom. The van der Waals surface area contributed by atoms with Crippen molar-refractivity contribution in [3.8, 4) is 5.75 Å². The standard InChI is InChI=1S/C19H19Cl2N3O2/c20-16-4-1-5-17(18(16)21)26-15-7-13(8-15)22-9-12-3-2-6-24-14(11-25)10-23-19(12)24/h1-6,10,13,15,22,25H,7-9,11H2. The molecule has 0 radical (unpaired) electrons. The number of benzene rings is 1. The summed E-state index contributed by atoms with van der Waals surface area (Å²) >= 11 is 12.2. The second kappa shape index (κ2) is 7.45. The van der Waals surface area contributed by atoms with E-state index in [-0.39, 0.29) is 12.7 Å². The van der Waals surface area contributed by atoms with Crippen LogP contribution in [0.5, 0.6) is 5.75 Å². The molecule has 1 aliphatic rings. The van der Waals surface area contributed by atoms with Crippen molar-refractivity contribution in [2.75, 3.05) is 0 Å². The first-order valence-corrected chi connectivity index (χ1v) is 9.30. The quantitative estimate of drug-likeness (QED) is 0.670. The Morgan fingerprint density at radius 2 is 2.08 bits per heavy atom. The fourth-order valence-electron chi connectivity index (χ4n) is 3.21. The smallest absolute Gasteiger partial charge is 0.141 e. The maximum atomic E-state index is 9.36. The predicted molar refractivity (Wildman–Crippen MR) is 102 cm³/mol.